The largest absolute Gasteiger partial charge is 0.471 e. The maximum absolute atomic E-state index is 14.6. The minimum Gasteiger partial charge on any atom is -0.471 e. The van der Waals surface area contributed by atoms with Crippen LogP contribution in [0.5, 0.6) is 5.75 Å². The molecule has 0 aromatic heterocycles. The molecule has 4 rings (SSSR count). The lowest BCUT2D eigenvalue weighted by Gasteiger charge is -2.42. The van der Waals surface area contributed by atoms with Crippen molar-refractivity contribution in [1.29, 1.82) is 0 Å². The number of carbonyl (C=O) groups is 3. The number of benzene rings is 2. The van der Waals surface area contributed by atoms with Crippen LogP contribution in [0.2, 0.25) is 0 Å². The normalized spacial score (nSPS) is 19.4. The van der Waals surface area contributed by atoms with E-state index in [1.165, 1.54) is 11.8 Å². The van der Waals surface area contributed by atoms with Crippen molar-refractivity contribution in [2.75, 3.05) is 18.0 Å². The van der Waals surface area contributed by atoms with Gasteiger partial charge in [-0.2, -0.15) is 13.2 Å². The molecule has 0 spiro atoms. The zero-order chi connectivity index (χ0) is 30.8. The summed E-state index contributed by atoms with van der Waals surface area (Å²) in [6.45, 7) is 8.74. The molecule has 1 saturated carbocycles. The third-order valence-corrected chi connectivity index (χ3v) is 8.20. The number of aryl methyl sites for hydroxylation is 1. The van der Waals surface area contributed by atoms with Crippen molar-refractivity contribution in [1.82, 2.24) is 10.2 Å². The fraction of sp³-hybridized carbons (Fsp3) is 0.531. The zero-order valence-electron chi connectivity index (χ0n) is 24.9. The number of rotatable bonds is 8. The monoisotopic (exact) mass is 587 g/mol. The lowest BCUT2D eigenvalue weighted by atomic mass is 9.89. The van der Waals surface area contributed by atoms with Crippen LogP contribution < -0.4 is 15.0 Å². The summed E-state index contributed by atoms with van der Waals surface area (Å²) in [4.78, 5) is 42.9. The standard InChI is InChI=1S/C32H40F3N3O4/c1-6-28(39)36-15-16-37-26-18-24(29(40)38(20(2)3)23-13-8-7-9-14-23)25(32(33,34)35)19-27(26)42-31(5,30(37)41)22-12-10-11-21(4)17-22/h10-12,17-20,23H,6-9,13-16H2,1-5H3,(H,36,39). The minimum absolute atomic E-state index is 0.0160. The molecule has 1 aliphatic carbocycles. The number of nitrogens with zero attached hydrogens (tertiary/aromatic N) is 2. The number of amides is 3. The fourth-order valence-corrected chi connectivity index (χ4v) is 6.00. The molecule has 1 unspecified atom stereocenters. The number of ether oxygens (including phenoxy) is 1. The second-order valence-corrected chi connectivity index (χ2v) is 11.6. The van der Waals surface area contributed by atoms with E-state index in [4.69, 9.17) is 4.74 Å². The average molecular weight is 588 g/mol. The maximum Gasteiger partial charge on any atom is 0.417 e. The number of fused-ring (bicyclic) bond motifs is 1. The van der Waals surface area contributed by atoms with E-state index in [9.17, 15) is 27.6 Å². The van der Waals surface area contributed by atoms with E-state index in [0.717, 1.165) is 49.8 Å². The third-order valence-electron chi connectivity index (χ3n) is 8.20. The minimum atomic E-state index is -4.85. The maximum atomic E-state index is 14.6. The van der Waals surface area contributed by atoms with Gasteiger partial charge in [0.1, 0.15) is 5.75 Å². The highest BCUT2D eigenvalue weighted by Gasteiger charge is 2.48. The van der Waals surface area contributed by atoms with E-state index in [-0.39, 0.29) is 48.9 Å². The Morgan fingerprint density at radius 3 is 2.43 bits per heavy atom. The van der Waals surface area contributed by atoms with Crippen molar-refractivity contribution < 1.29 is 32.3 Å². The van der Waals surface area contributed by atoms with Gasteiger partial charge in [0, 0.05) is 37.2 Å². The first-order valence-corrected chi connectivity index (χ1v) is 14.7. The van der Waals surface area contributed by atoms with E-state index in [2.05, 4.69) is 5.32 Å². The predicted molar refractivity (Wildman–Crippen MR) is 154 cm³/mol. The number of anilines is 1. The summed E-state index contributed by atoms with van der Waals surface area (Å²) in [5.74, 6) is -1.60. The Hall–Kier alpha value is -3.56. The van der Waals surface area contributed by atoms with Crippen LogP contribution in [-0.4, -0.2) is 47.8 Å². The number of nitrogens with one attached hydrogen (secondary N) is 1. The van der Waals surface area contributed by atoms with E-state index in [1.807, 2.05) is 13.0 Å². The average Bonchev–Trinajstić information content (AvgIpc) is 2.94. The van der Waals surface area contributed by atoms with Crippen LogP contribution in [0.25, 0.3) is 0 Å². The molecule has 42 heavy (non-hydrogen) atoms. The van der Waals surface area contributed by atoms with E-state index < -0.39 is 34.7 Å². The number of hydrogen-bond donors (Lipinski definition) is 1. The highest BCUT2D eigenvalue weighted by Crippen LogP contribution is 2.47. The molecule has 1 fully saturated rings. The van der Waals surface area contributed by atoms with Gasteiger partial charge < -0.3 is 19.9 Å². The van der Waals surface area contributed by atoms with Crippen LogP contribution in [-0.2, 0) is 21.4 Å². The Bertz CT molecular complexity index is 1340. The second kappa shape index (κ2) is 12.4. The highest BCUT2D eigenvalue weighted by atomic mass is 19.4. The smallest absolute Gasteiger partial charge is 0.417 e. The van der Waals surface area contributed by atoms with Crippen LogP contribution in [0.1, 0.15) is 93.3 Å². The third kappa shape index (κ3) is 6.27. The van der Waals surface area contributed by atoms with Gasteiger partial charge >= 0.3 is 6.18 Å². The molecule has 10 heteroatoms. The van der Waals surface area contributed by atoms with Gasteiger partial charge in [-0.15, -0.1) is 0 Å². The van der Waals surface area contributed by atoms with Crippen molar-refractivity contribution in [3.8, 4) is 5.75 Å². The Balaban J connectivity index is 1.87. The van der Waals surface area contributed by atoms with Gasteiger partial charge in [-0.3, -0.25) is 14.4 Å². The molecule has 228 valence electrons. The summed E-state index contributed by atoms with van der Waals surface area (Å²) in [6, 6.07) is 8.56. The van der Waals surface area contributed by atoms with Crippen molar-refractivity contribution in [3.63, 3.8) is 0 Å². The van der Waals surface area contributed by atoms with E-state index in [0.29, 0.717) is 5.56 Å². The number of alkyl halides is 3. The Morgan fingerprint density at radius 2 is 1.83 bits per heavy atom. The van der Waals surface area contributed by atoms with Gasteiger partial charge in [0.25, 0.3) is 11.8 Å². The molecule has 2 aromatic rings. The van der Waals surface area contributed by atoms with Crippen LogP contribution in [0, 0.1) is 6.92 Å². The lowest BCUT2D eigenvalue weighted by Crippen LogP contribution is -2.54. The van der Waals surface area contributed by atoms with Crippen molar-refractivity contribution in [3.05, 3.63) is 58.7 Å². The molecule has 2 aromatic carbocycles. The predicted octanol–water partition coefficient (Wildman–Crippen LogP) is 6.36. The molecule has 1 heterocycles. The van der Waals surface area contributed by atoms with Crippen molar-refractivity contribution in [2.24, 2.45) is 0 Å². The summed E-state index contributed by atoms with van der Waals surface area (Å²) in [6.07, 6.45) is -0.283. The summed E-state index contributed by atoms with van der Waals surface area (Å²) in [7, 11) is 0. The molecule has 1 aliphatic heterocycles. The molecule has 0 bridgehead atoms. The second-order valence-electron chi connectivity index (χ2n) is 11.6. The first kappa shape index (κ1) is 31.4. The topological polar surface area (TPSA) is 79.0 Å². The number of carbonyl (C=O) groups excluding carboxylic acids is 3. The van der Waals surface area contributed by atoms with Crippen LogP contribution in [0.3, 0.4) is 0 Å². The van der Waals surface area contributed by atoms with Gasteiger partial charge in [-0.1, -0.05) is 56.0 Å². The molecule has 7 nitrogen and oxygen atoms in total. The summed E-state index contributed by atoms with van der Waals surface area (Å²) in [5.41, 5.74) is -1.84. The molecular formula is C32H40F3N3O4. The molecule has 0 radical (unpaired) electrons. The molecule has 0 saturated heterocycles. The number of halogens is 3. The molecular weight excluding hydrogens is 547 g/mol. The quantitative estimate of drug-likeness (QED) is 0.390. The lowest BCUT2D eigenvalue weighted by molar-refractivity contribution is -0.138. The molecule has 1 N–H and O–H groups in total. The number of hydrogen-bond acceptors (Lipinski definition) is 4. The Labute approximate surface area is 245 Å². The van der Waals surface area contributed by atoms with Gasteiger partial charge in [0.15, 0.2) is 0 Å². The Morgan fingerprint density at radius 1 is 1.14 bits per heavy atom. The van der Waals surface area contributed by atoms with Gasteiger partial charge in [0.05, 0.1) is 16.8 Å². The van der Waals surface area contributed by atoms with Gasteiger partial charge in [0.2, 0.25) is 11.5 Å². The highest BCUT2D eigenvalue weighted by molar-refractivity contribution is 6.05. The first-order valence-electron chi connectivity index (χ1n) is 14.7. The summed E-state index contributed by atoms with van der Waals surface area (Å²) >= 11 is 0. The van der Waals surface area contributed by atoms with Crippen molar-refractivity contribution in [2.45, 2.75) is 97.0 Å². The van der Waals surface area contributed by atoms with E-state index in [1.54, 1.807) is 43.9 Å². The van der Waals surface area contributed by atoms with E-state index >= 15 is 0 Å². The van der Waals surface area contributed by atoms with Crippen molar-refractivity contribution >= 4 is 23.4 Å². The summed E-state index contributed by atoms with van der Waals surface area (Å²) < 4.78 is 50.0. The van der Waals surface area contributed by atoms with Crippen LogP contribution >= 0.6 is 0 Å². The van der Waals surface area contributed by atoms with Gasteiger partial charge in [-0.25, -0.2) is 0 Å². The SMILES string of the molecule is CCC(=O)NCCN1C(=O)C(C)(c2cccc(C)c2)Oc2cc(C(F)(F)F)c(C(=O)N(C(C)C)C3CCCCC3)cc21. The van der Waals surface area contributed by atoms with Gasteiger partial charge in [-0.05, 0) is 52.7 Å². The zero-order valence-corrected chi connectivity index (χ0v) is 24.9. The molecule has 1 atom stereocenters. The Kier molecular flexibility index (Phi) is 9.23. The summed E-state index contributed by atoms with van der Waals surface area (Å²) in [5, 5.41) is 2.73. The molecule has 2 aliphatic rings. The fourth-order valence-electron chi connectivity index (χ4n) is 6.00. The van der Waals surface area contributed by atoms with Crippen LogP contribution in [0.15, 0.2) is 36.4 Å². The molecule has 3 amide bonds. The van der Waals surface area contributed by atoms with Crippen LogP contribution in [0.4, 0.5) is 18.9 Å². The first-order chi connectivity index (χ1) is 19.8.